The van der Waals surface area contributed by atoms with Crippen LogP contribution in [-0.2, 0) is 0 Å². The number of nitrogens with two attached hydrogens (primary N) is 1. The van der Waals surface area contributed by atoms with Gasteiger partial charge in [-0.2, -0.15) is 0 Å². The Kier molecular flexibility index (Phi) is 3.20. The second kappa shape index (κ2) is 3.97. The van der Waals surface area contributed by atoms with E-state index < -0.39 is 0 Å². The summed E-state index contributed by atoms with van der Waals surface area (Å²) in [6.07, 6.45) is 8.09. The van der Waals surface area contributed by atoms with E-state index in [-0.39, 0.29) is 0 Å². The van der Waals surface area contributed by atoms with Gasteiger partial charge in [-0.25, -0.2) is 0 Å². The molecule has 0 aromatic heterocycles. The first kappa shape index (κ1) is 8.06. The van der Waals surface area contributed by atoms with Crippen molar-refractivity contribution in [3.05, 3.63) is 0 Å². The molecule has 0 radical (unpaired) electrons. The lowest BCUT2D eigenvalue weighted by Gasteiger charge is -2.18. The molecule has 10 heavy (non-hydrogen) atoms. The van der Waals surface area contributed by atoms with E-state index in [0.717, 1.165) is 5.92 Å². The van der Waals surface area contributed by atoms with Crippen LogP contribution in [0.1, 0.15) is 45.4 Å². The van der Waals surface area contributed by atoms with Gasteiger partial charge in [-0.15, -0.1) is 0 Å². The maximum atomic E-state index is 5.99. The molecule has 2 atom stereocenters. The molecule has 0 aromatic carbocycles. The molecular formula is C9H19N. The molecule has 2 N–H and O–H groups in total. The minimum atomic E-state index is 0.507. The van der Waals surface area contributed by atoms with Gasteiger partial charge in [-0.3, -0.25) is 0 Å². The van der Waals surface area contributed by atoms with Crippen LogP contribution in [0.3, 0.4) is 0 Å². The Morgan fingerprint density at radius 3 is 2.60 bits per heavy atom. The molecule has 1 fully saturated rings. The van der Waals surface area contributed by atoms with Crippen molar-refractivity contribution in [2.45, 2.75) is 51.5 Å². The molecule has 1 aliphatic rings. The molecule has 0 saturated heterocycles. The van der Waals surface area contributed by atoms with Crippen LogP contribution < -0.4 is 5.73 Å². The fourth-order valence-electron chi connectivity index (χ4n) is 1.92. The Morgan fingerprint density at radius 2 is 1.90 bits per heavy atom. The number of hydrogen-bond donors (Lipinski definition) is 1. The molecule has 1 nitrogen and oxygen atoms in total. The van der Waals surface area contributed by atoms with Crippen molar-refractivity contribution in [2.75, 3.05) is 0 Å². The van der Waals surface area contributed by atoms with E-state index in [4.69, 9.17) is 5.73 Å². The zero-order valence-electron chi connectivity index (χ0n) is 6.97. The van der Waals surface area contributed by atoms with Crippen molar-refractivity contribution in [1.82, 2.24) is 0 Å². The van der Waals surface area contributed by atoms with Gasteiger partial charge in [0.25, 0.3) is 0 Å². The van der Waals surface area contributed by atoms with Gasteiger partial charge in [0, 0.05) is 6.04 Å². The van der Waals surface area contributed by atoms with E-state index in [2.05, 4.69) is 6.92 Å². The second-order valence-corrected chi connectivity index (χ2v) is 3.47. The lowest BCUT2D eigenvalue weighted by Crippen LogP contribution is -2.28. The van der Waals surface area contributed by atoms with Gasteiger partial charge in [-0.05, 0) is 18.8 Å². The summed E-state index contributed by atoms with van der Waals surface area (Å²) < 4.78 is 0. The predicted molar refractivity (Wildman–Crippen MR) is 44.8 cm³/mol. The first-order valence-corrected chi connectivity index (χ1v) is 4.60. The molecule has 0 spiro atoms. The molecule has 0 amide bonds. The maximum Gasteiger partial charge on any atom is 0.00670 e. The zero-order valence-corrected chi connectivity index (χ0v) is 6.97. The summed E-state index contributed by atoms with van der Waals surface area (Å²) in [6.45, 7) is 2.26. The molecule has 1 saturated carbocycles. The van der Waals surface area contributed by atoms with Gasteiger partial charge >= 0.3 is 0 Å². The summed E-state index contributed by atoms with van der Waals surface area (Å²) in [7, 11) is 0. The van der Waals surface area contributed by atoms with E-state index in [0.29, 0.717) is 6.04 Å². The van der Waals surface area contributed by atoms with E-state index in [1.54, 1.807) is 0 Å². The summed E-state index contributed by atoms with van der Waals surface area (Å²) in [6, 6.07) is 0.507. The van der Waals surface area contributed by atoms with Crippen molar-refractivity contribution in [3.8, 4) is 0 Å². The van der Waals surface area contributed by atoms with Crippen LogP contribution in [0.2, 0.25) is 0 Å². The maximum absolute atomic E-state index is 5.99. The highest BCUT2D eigenvalue weighted by Gasteiger charge is 2.17. The molecule has 1 aliphatic carbocycles. The highest BCUT2D eigenvalue weighted by Crippen LogP contribution is 2.23. The summed E-state index contributed by atoms with van der Waals surface area (Å²) in [5.74, 6) is 0.822. The van der Waals surface area contributed by atoms with Crippen LogP contribution in [0.5, 0.6) is 0 Å². The number of hydrogen-bond acceptors (Lipinski definition) is 1. The third-order valence-corrected chi connectivity index (χ3v) is 2.74. The topological polar surface area (TPSA) is 26.0 Å². The first-order valence-electron chi connectivity index (χ1n) is 4.60. The predicted octanol–water partition coefficient (Wildman–Crippen LogP) is 2.30. The normalized spacial score (nSPS) is 35.4. The van der Waals surface area contributed by atoms with E-state index in [9.17, 15) is 0 Å². The molecular weight excluding hydrogens is 122 g/mol. The lowest BCUT2D eigenvalue weighted by atomic mass is 9.93. The third kappa shape index (κ3) is 1.98. The van der Waals surface area contributed by atoms with Crippen molar-refractivity contribution >= 4 is 0 Å². The minimum absolute atomic E-state index is 0.507. The molecule has 1 heteroatoms. The fourth-order valence-corrected chi connectivity index (χ4v) is 1.92. The largest absolute Gasteiger partial charge is 0.327 e. The SMILES string of the molecule is CCC1CCCCCC1N. The van der Waals surface area contributed by atoms with Crippen LogP contribution >= 0.6 is 0 Å². The molecule has 0 aromatic rings. The van der Waals surface area contributed by atoms with E-state index in [1.807, 2.05) is 0 Å². The van der Waals surface area contributed by atoms with Crippen LogP contribution in [0.25, 0.3) is 0 Å². The fraction of sp³-hybridized carbons (Fsp3) is 1.00. The Hall–Kier alpha value is -0.0400. The molecule has 0 heterocycles. The minimum Gasteiger partial charge on any atom is -0.327 e. The van der Waals surface area contributed by atoms with Gasteiger partial charge in [0.05, 0.1) is 0 Å². The molecule has 2 unspecified atom stereocenters. The average Bonchev–Trinajstić information content (AvgIpc) is 2.13. The molecule has 0 bridgehead atoms. The lowest BCUT2D eigenvalue weighted by molar-refractivity contribution is 0.386. The summed E-state index contributed by atoms with van der Waals surface area (Å²) in [4.78, 5) is 0. The highest BCUT2D eigenvalue weighted by atomic mass is 14.6. The number of rotatable bonds is 1. The van der Waals surface area contributed by atoms with Crippen LogP contribution in [0.4, 0.5) is 0 Å². The molecule has 1 rings (SSSR count). The molecule has 0 aliphatic heterocycles. The highest BCUT2D eigenvalue weighted by molar-refractivity contribution is 4.74. The van der Waals surface area contributed by atoms with Crippen molar-refractivity contribution in [1.29, 1.82) is 0 Å². The van der Waals surface area contributed by atoms with Gasteiger partial charge < -0.3 is 5.73 Å². The Balaban J connectivity index is 2.35. The van der Waals surface area contributed by atoms with Crippen LogP contribution in [0.15, 0.2) is 0 Å². The van der Waals surface area contributed by atoms with Crippen LogP contribution in [0, 0.1) is 5.92 Å². The van der Waals surface area contributed by atoms with Gasteiger partial charge in [0.15, 0.2) is 0 Å². The summed E-state index contributed by atoms with van der Waals surface area (Å²) in [5, 5.41) is 0. The van der Waals surface area contributed by atoms with Gasteiger partial charge in [0.1, 0.15) is 0 Å². The summed E-state index contributed by atoms with van der Waals surface area (Å²) >= 11 is 0. The first-order chi connectivity index (χ1) is 4.84. The Morgan fingerprint density at radius 1 is 1.20 bits per heavy atom. The van der Waals surface area contributed by atoms with Gasteiger partial charge in [0.2, 0.25) is 0 Å². The average molecular weight is 141 g/mol. The Bertz CT molecular complexity index is 90.7. The second-order valence-electron chi connectivity index (χ2n) is 3.47. The van der Waals surface area contributed by atoms with Crippen molar-refractivity contribution in [3.63, 3.8) is 0 Å². The van der Waals surface area contributed by atoms with Crippen molar-refractivity contribution in [2.24, 2.45) is 11.7 Å². The zero-order chi connectivity index (χ0) is 7.40. The van der Waals surface area contributed by atoms with Crippen molar-refractivity contribution < 1.29 is 0 Å². The van der Waals surface area contributed by atoms with E-state index >= 15 is 0 Å². The van der Waals surface area contributed by atoms with Gasteiger partial charge in [-0.1, -0.05) is 32.6 Å². The van der Waals surface area contributed by atoms with Crippen LogP contribution in [-0.4, -0.2) is 6.04 Å². The Labute approximate surface area is 64.0 Å². The standard InChI is InChI=1S/C9H19N/c1-2-8-6-4-3-5-7-9(8)10/h8-9H,2-7,10H2,1H3. The smallest absolute Gasteiger partial charge is 0.00670 e. The monoisotopic (exact) mass is 141 g/mol. The molecule has 60 valence electrons. The quantitative estimate of drug-likeness (QED) is 0.557. The third-order valence-electron chi connectivity index (χ3n) is 2.74. The summed E-state index contributed by atoms with van der Waals surface area (Å²) in [5.41, 5.74) is 5.99. The van der Waals surface area contributed by atoms with E-state index in [1.165, 1.54) is 38.5 Å².